The van der Waals surface area contributed by atoms with Crippen LogP contribution in [0.1, 0.15) is 24.2 Å². The monoisotopic (exact) mass is 256 g/mol. The number of carbonyl (C=O) groups is 2. The van der Waals surface area contributed by atoms with E-state index >= 15 is 0 Å². The van der Waals surface area contributed by atoms with Gasteiger partial charge >= 0.3 is 5.97 Å². The highest BCUT2D eigenvalue weighted by atomic mass is 35.5. The summed E-state index contributed by atoms with van der Waals surface area (Å²) in [5, 5.41) is 8.97. The van der Waals surface area contributed by atoms with E-state index in [4.69, 9.17) is 16.7 Å². The molecule has 0 spiro atoms. The zero-order valence-electron chi connectivity index (χ0n) is 9.55. The molecule has 1 N–H and O–H groups in total. The molecule has 0 aliphatic rings. The first-order valence-electron chi connectivity index (χ1n) is 5.05. The van der Waals surface area contributed by atoms with Crippen LogP contribution in [0.25, 0.3) is 0 Å². The summed E-state index contributed by atoms with van der Waals surface area (Å²) < 4.78 is 0. The summed E-state index contributed by atoms with van der Waals surface area (Å²) in [5.74, 6) is -1.47. The van der Waals surface area contributed by atoms with E-state index in [9.17, 15) is 9.59 Å². The van der Waals surface area contributed by atoms with Gasteiger partial charge in [0.1, 0.15) is 6.54 Å². The lowest BCUT2D eigenvalue weighted by molar-refractivity contribution is -0.138. The molecule has 0 atom stereocenters. The van der Waals surface area contributed by atoms with Crippen LogP contribution in [0.3, 0.4) is 0 Å². The molecular weight excluding hydrogens is 244 g/mol. The van der Waals surface area contributed by atoms with Gasteiger partial charge in [-0.15, -0.1) is 0 Å². The Hall–Kier alpha value is -1.62. The SMILES string of the molecule is CC(C)N(CC(=O)O)C(=O)c1ccncc1Cl. The maximum absolute atomic E-state index is 12.1. The fourth-order valence-corrected chi connectivity index (χ4v) is 1.54. The van der Waals surface area contributed by atoms with E-state index in [-0.39, 0.29) is 23.2 Å². The standard InChI is InChI=1S/C11H13ClN2O3/c1-7(2)14(6-10(15)16)11(17)8-3-4-13-5-9(8)12/h3-5,7H,6H2,1-2H3,(H,15,16). The van der Waals surface area contributed by atoms with E-state index in [1.54, 1.807) is 13.8 Å². The molecule has 0 bridgehead atoms. The Kier molecular flexibility index (Phi) is 4.45. The number of carboxylic acid groups (broad SMARTS) is 1. The van der Waals surface area contributed by atoms with Gasteiger partial charge in [-0.3, -0.25) is 14.6 Å². The third kappa shape index (κ3) is 3.42. The summed E-state index contributed by atoms with van der Waals surface area (Å²) in [6.45, 7) is 3.14. The summed E-state index contributed by atoms with van der Waals surface area (Å²) in [7, 11) is 0. The highest BCUT2D eigenvalue weighted by Crippen LogP contribution is 2.17. The number of rotatable bonds is 4. The van der Waals surface area contributed by atoms with Crippen LogP contribution in [0.4, 0.5) is 0 Å². The molecule has 17 heavy (non-hydrogen) atoms. The Balaban J connectivity index is 3.00. The van der Waals surface area contributed by atoms with Crippen LogP contribution < -0.4 is 0 Å². The molecular formula is C11H13ClN2O3. The van der Waals surface area contributed by atoms with Gasteiger partial charge in [0, 0.05) is 18.4 Å². The van der Waals surface area contributed by atoms with E-state index in [0.29, 0.717) is 0 Å². The minimum absolute atomic E-state index is 0.216. The fraction of sp³-hybridized carbons (Fsp3) is 0.364. The van der Waals surface area contributed by atoms with Gasteiger partial charge in [-0.2, -0.15) is 0 Å². The second-order valence-corrected chi connectivity index (χ2v) is 4.18. The van der Waals surface area contributed by atoms with Crippen molar-refractivity contribution < 1.29 is 14.7 Å². The van der Waals surface area contributed by atoms with Crippen LogP contribution in [-0.2, 0) is 4.79 Å². The Morgan fingerprint density at radius 2 is 2.18 bits per heavy atom. The molecule has 0 saturated carbocycles. The van der Waals surface area contributed by atoms with Crippen molar-refractivity contribution in [1.29, 1.82) is 0 Å². The maximum atomic E-state index is 12.1. The van der Waals surface area contributed by atoms with Crippen molar-refractivity contribution in [3.8, 4) is 0 Å². The Bertz CT molecular complexity index is 434. The molecule has 1 aromatic heterocycles. The lowest BCUT2D eigenvalue weighted by Crippen LogP contribution is -2.40. The number of carbonyl (C=O) groups excluding carboxylic acids is 1. The summed E-state index contributed by atoms with van der Waals surface area (Å²) in [6, 6.07) is 1.25. The van der Waals surface area contributed by atoms with Crippen molar-refractivity contribution in [2.75, 3.05) is 6.54 Å². The molecule has 1 rings (SSSR count). The van der Waals surface area contributed by atoms with E-state index < -0.39 is 11.9 Å². The fourth-order valence-electron chi connectivity index (χ4n) is 1.34. The number of nitrogens with zero attached hydrogens (tertiary/aromatic N) is 2. The van der Waals surface area contributed by atoms with Crippen molar-refractivity contribution in [2.24, 2.45) is 0 Å². The predicted octanol–water partition coefficient (Wildman–Crippen LogP) is 1.67. The smallest absolute Gasteiger partial charge is 0.323 e. The van der Waals surface area contributed by atoms with Crippen molar-refractivity contribution in [3.63, 3.8) is 0 Å². The molecule has 0 aromatic carbocycles. The quantitative estimate of drug-likeness (QED) is 0.890. The van der Waals surface area contributed by atoms with E-state index in [0.717, 1.165) is 0 Å². The number of amides is 1. The molecule has 0 unspecified atom stereocenters. The summed E-state index contributed by atoms with van der Waals surface area (Å²) >= 11 is 5.85. The van der Waals surface area contributed by atoms with Crippen molar-refractivity contribution in [1.82, 2.24) is 9.88 Å². The molecule has 1 amide bonds. The topological polar surface area (TPSA) is 70.5 Å². The van der Waals surface area contributed by atoms with Gasteiger partial charge in [-0.25, -0.2) is 0 Å². The highest BCUT2D eigenvalue weighted by Gasteiger charge is 2.22. The van der Waals surface area contributed by atoms with Gasteiger partial charge in [0.15, 0.2) is 0 Å². The first kappa shape index (κ1) is 13.4. The van der Waals surface area contributed by atoms with Gasteiger partial charge in [-0.05, 0) is 19.9 Å². The van der Waals surface area contributed by atoms with Gasteiger partial charge in [-0.1, -0.05) is 11.6 Å². The van der Waals surface area contributed by atoms with Crippen molar-refractivity contribution >= 4 is 23.5 Å². The summed E-state index contributed by atoms with van der Waals surface area (Å²) in [4.78, 5) is 27.8. The number of pyridine rings is 1. The largest absolute Gasteiger partial charge is 0.480 e. The molecule has 0 fully saturated rings. The molecule has 1 aromatic rings. The number of aliphatic carboxylic acids is 1. The summed E-state index contributed by atoms with van der Waals surface area (Å²) in [5.41, 5.74) is 0.261. The Labute approximate surface area is 104 Å². The molecule has 0 saturated heterocycles. The van der Waals surface area contributed by atoms with Gasteiger partial charge < -0.3 is 10.0 Å². The van der Waals surface area contributed by atoms with Crippen molar-refractivity contribution in [2.45, 2.75) is 19.9 Å². The van der Waals surface area contributed by atoms with E-state index in [1.807, 2.05) is 0 Å². The van der Waals surface area contributed by atoms with Crippen LogP contribution in [0, 0.1) is 0 Å². The van der Waals surface area contributed by atoms with Crippen molar-refractivity contribution in [3.05, 3.63) is 29.0 Å². The zero-order valence-corrected chi connectivity index (χ0v) is 10.3. The normalized spacial score (nSPS) is 10.4. The third-order valence-corrected chi connectivity index (χ3v) is 2.49. The first-order valence-corrected chi connectivity index (χ1v) is 5.43. The second kappa shape index (κ2) is 5.63. The molecule has 5 nitrogen and oxygen atoms in total. The number of carboxylic acids is 1. The number of hydrogen-bond donors (Lipinski definition) is 1. The molecule has 6 heteroatoms. The number of halogens is 1. The van der Waals surface area contributed by atoms with Gasteiger partial charge in [0.2, 0.25) is 0 Å². The average molecular weight is 257 g/mol. The lowest BCUT2D eigenvalue weighted by atomic mass is 10.2. The van der Waals surface area contributed by atoms with Gasteiger partial charge in [0.05, 0.1) is 10.6 Å². The maximum Gasteiger partial charge on any atom is 0.323 e. The minimum atomic E-state index is -1.06. The molecule has 1 heterocycles. The average Bonchev–Trinajstić information content (AvgIpc) is 2.25. The van der Waals surface area contributed by atoms with Crippen LogP contribution in [0.2, 0.25) is 5.02 Å². The second-order valence-electron chi connectivity index (χ2n) is 3.78. The first-order chi connectivity index (χ1) is 7.93. The highest BCUT2D eigenvalue weighted by molar-refractivity contribution is 6.33. The molecule has 0 aliphatic heterocycles. The predicted molar refractivity (Wildman–Crippen MR) is 63.1 cm³/mol. The summed E-state index contributed by atoms with van der Waals surface area (Å²) in [6.07, 6.45) is 2.80. The van der Waals surface area contributed by atoms with E-state index in [1.165, 1.54) is 23.4 Å². The van der Waals surface area contributed by atoms with Crippen LogP contribution in [0.5, 0.6) is 0 Å². The third-order valence-electron chi connectivity index (χ3n) is 2.19. The lowest BCUT2D eigenvalue weighted by Gasteiger charge is -2.25. The van der Waals surface area contributed by atoms with E-state index in [2.05, 4.69) is 4.98 Å². The van der Waals surface area contributed by atoms with Gasteiger partial charge in [0.25, 0.3) is 5.91 Å². The zero-order chi connectivity index (χ0) is 13.0. The Morgan fingerprint density at radius 1 is 1.53 bits per heavy atom. The van der Waals surface area contributed by atoms with Crippen LogP contribution in [0.15, 0.2) is 18.5 Å². The number of hydrogen-bond acceptors (Lipinski definition) is 3. The Morgan fingerprint density at radius 3 is 2.65 bits per heavy atom. The number of aromatic nitrogens is 1. The molecule has 0 aliphatic carbocycles. The van der Waals surface area contributed by atoms with Crippen LogP contribution in [-0.4, -0.2) is 39.5 Å². The molecule has 0 radical (unpaired) electrons. The minimum Gasteiger partial charge on any atom is -0.480 e. The van der Waals surface area contributed by atoms with Crippen LogP contribution >= 0.6 is 11.6 Å². The molecule has 92 valence electrons.